The smallest absolute Gasteiger partial charge is 0.271 e. The maximum absolute atomic E-state index is 13.1. The van der Waals surface area contributed by atoms with Crippen molar-refractivity contribution in [2.24, 2.45) is 0 Å². The molecule has 0 heterocycles. The van der Waals surface area contributed by atoms with Crippen LogP contribution in [0.15, 0.2) is 42.5 Å². The molecule has 0 bridgehead atoms. The standard InChI is InChI=1S/C14H11FN2O3/c1-9-7-10(5-6-13(9)15)14(18)16-11-3-2-4-12(8-11)17(19)20/h2-8H,1H3,(H,16,18). The van der Waals surface area contributed by atoms with Gasteiger partial charge >= 0.3 is 0 Å². The SMILES string of the molecule is Cc1cc(C(=O)Nc2cccc([N+](=O)[O-])c2)ccc1F. The van der Waals surface area contributed by atoms with E-state index in [1.54, 1.807) is 13.0 Å². The molecule has 20 heavy (non-hydrogen) atoms. The van der Waals surface area contributed by atoms with Crippen molar-refractivity contribution in [2.45, 2.75) is 6.92 Å². The quantitative estimate of drug-likeness (QED) is 0.689. The van der Waals surface area contributed by atoms with E-state index in [0.717, 1.165) is 0 Å². The minimum atomic E-state index is -0.544. The average Bonchev–Trinajstić information content (AvgIpc) is 2.42. The van der Waals surface area contributed by atoms with Crippen LogP contribution in [0.25, 0.3) is 0 Å². The van der Waals surface area contributed by atoms with Crippen LogP contribution in [0.4, 0.5) is 15.8 Å². The number of nitro groups is 1. The van der Waals surface area contributed by atoms with Gasteiger partial charge in [-0.3, -0.25) is 14.9 Å². The Labute approximate surface area is 114 Å². The molecule has 1 N–H and O–H groups in total. The molecular formula is C14H11FN2O3. The summed E-state index contributed by atoms with van der Waals surface area (Å²) in [5.41, 5.74) is 0.844. The number of nitrogens with zero attached hydrogens (tertiary/aromatic N) is 1. The summed E-state index contributed by atoms with van der Waals surface area (Å²) in [6, 6.07) is 9.59. The number of hydrogen-bond donors (Lipinski definition) is 1. The minimum absolute atomic E-state index is 0.113. The molecule has 0 aliphatic rings. The van der Waals surface area contributed by atoms with Gasteiger partial charge in [0.15, 0.2) is 0 Å². The first kappa shape index (κ1) is 13.7. The van der Waals surface area contributed by atoms with E-state index in [4.69, 9.17) is 0 Å². The van der Waals surface area contributed by atoms with Crippen LogP contribution in [0.3, 0.4) is 0 Å². The van der Waals surface area contributed by atoms with Crippen LogP contribution in [0.1, 0.15) is 15.9 Å². The fourth-order valence-electron chi connectivity index (χ4n) is 1.69. The molecule has 5 nitrogen and oxygen atoms in total. The first-order valence-corrected chi connectivity index (χ1v) is 5.79. The van der Waals surface area contributed by atoms with Crippen molar-refractivity contribution in [3.05, 3.63) is 69.5 Å². The summed E-state index contributed by atoms with van der Waals surface area (Å²) in [7, 11) is 0. The number of carbonyl (C=O) groups excluding carboxylic acids is 1. The van der Waals surface area contributed by atoms with Crippen LogP contribution in [0.2, 0.25) is 0 Å². The average molecular weight is 274 g/mol. The van der Waals surface area contributed by atoms with E-state index in [1.165, 1.54) is 36.4 Å². The number of amides is 1. The highest BCUT2D eigenvalue weighted by Gasteiger charge is 2.10. The van der Waals surface area contributed by atoms with E-state index in [2.05, 4.69) is 5.32 Å². The van der Waals surface area contributed by atoms with Gasteiger partial charge in [0.2, 0.25) is 0 Å². The van der Waals surface area contributed by atoms with Crippen molar-refractivity contribution >= 4 is 17.3 Å². The van der Waals surface area contributed by atoms with Gasteiger partial charge in [-0.25, -0.2) is 4.39 Å². The largest absolute Gasteiger partial charge is 0.322 e. The molecule has 2 aromatic carbocycles. The maximum Gasteiger partial charge on any atom is 0.271 e. The van der Waals surface area contributed by atoms with Gasteiger partial charge in [0.1, 0.15) is 5.82 Å². The van der Waals surface area contributed by atoms with Crippen LogP contribution in [-0.2, 0) is 0 Å². The highest BCUT2D eigenvalue weighted by Crippen LogP contribution is 2.18. The monoisotopic (exact) mass is 274 g/mol. The third-order valence-corrected chi connectivity index (χ3v) is 2.73. The van der Waals surface area contributed by atoms with E-state index < -0.39 is 16.6 Å². The lowest BCUT2D eigenvalue weighted by atomic mass is 10.1. The number of hydrogen-bond acceptors (Lipinski definition) is 3. The van der Waals surface area contributed by atoms with Crippen LogP contribution >= 0.6 is 0 Å². The van der Waals surface area contributed by atoms with Gasteiger partial charge in [-0.2, -0.15) is 0 Å². The van der Waals surface area contributed by atoms with Crippen molar-refractivity contribution < 1.29 is 14.1 Å². The lowest BCUT2D eigenvalue weighted by Crippen LogP contribution is -2.12. The Morgan fingerprint density at radius 3 is 2.65 bits per heavy atom. The molecule has 0 unspecified atom stereocenters. The van der Waals surface area contributed by atoms with Crippen LogP contribution in [0, 0.1) is 22.9 Å². The molecular weight excluding hydrogens is 263 g/mol. The van der Waals surface area contributed by atoms with Gasteiger partial charge in [-0.1, -0.05) is 6.07 Å². The second-order valence-electron chi connectivity index (χ2n) is 4.23. The van der Waals surface area contributed by atoms with Crippen LogP contribution in [0.5, 0.6) is 0 Å². The number of nitro benzene ring substituents is 1. The van der Waals surface area contributed by atoms with Crippen molar-refractivity contribution in [3.8, 4) is 0 Å². The molecule has 1 amide bonds. The topological polar surface area (TPSA) is 72.2 Å². The van der Waals surface area contributed by atoms with Gasteiger partial charge in [0, 0.05) is 23.4 Å². The minimum Gasteiger partial charge on any atom is -0.322 e. The van der Waals surface area contributed by atoms with Gasteiger partial charge < -0.3 is 5.32 Å². The molecule has 6 heteroatoms. The van der Waals surface area contributed by atoms with Gasteiger partial charge in [0.05, 0.1) is 4.92 Å². The normalized spacial score (nSPS) is 10.1. The summed E-state index contributed by atoms with van der Waals surface area (Å²) >= 11 is 0. The summed E-state index contributed by atoms with van der Waals surface area (Å²) < 4.78 is 13.1. The second kappa shape index (κ2) is 5.48. The molecule has 0 aliphatic carbocycles. The number of non-ortho nitro benzene ring substituents is 1. The summed E-state index contributed by atoms with van der Waals surface area (Å²) in [5, 5.41) is 13.2. The van der Waals surface area contributed by atoms with Crippen LogP contribution < -0.4 is 5.32 Å². The molecule has 0 fully saturated rings. The van der Waals surface area contributed by atoms with Crippen molar-refractivity contribution in [2.75, 3.05) is 5.32 Å². The number of rotatable bonds is 3. The predicted octanol–water partition coefficient (Wildman–Crippen LogP) is 3.29. The Morgan fingerprint density at radius 2 is 2.00 bits per heavy atom. The van der Waals surface area contributed by atoms with E-state index in [1.807, 2.05) is 0 Å². The Balaban J connectivity index is 2.21. The second-order valence-corrected chi connectivity index (χ2v) is 4.23. The number of aryl methyl sites for hydroxylation is 1. The zero-order chi connectivity index (χ0) is 14.7. The first-order chi connectivity index (χ1) is 9.47. The van der Waals surface area contributed by atoms with Gasteiger partial charge in [-0.05, 0) is 36.8 Å². The van der Waals surface area contributed by atoms with E-state index >= 15 is 0 Å². The zero-order valence-corrected chi connectivity index (χ0v) is 10.6. The number of halogens is 1. The molecule has 102 valence electrons. The fraction of sp³-hybridized carbons (Fsp3) is 0.0714. The Morgan fingerprint density at radius 1 is 1.25 bits per heavy atom. The molecule has 0 aromatic heterocycles. The van der Waals surface area contributed by atoms with Crippen LogP contribution in [-0.4, -0.2) is 10.8 Å². The van der Waals surface area contributed by atoms with E-state index in [-0.39, 0.29) is 11.3 Å². The Bertz CT molecular complexity index is 686. The highest BCUT2D eigenvalue weighted by molar-refractivity contribution is 6.04. The summed E-state index contributed by atoms with van der Waals surface area (Å²) in [6.45, 7) is 1.56. The number of nitrogens with one attached hydrogen (secondary N) is 1. The lowest BCUT2D eigenvalue weighted by Gasteiger charge is -2.06. The van der Waals surface area contributed by atoms with Crippen molar-refractivity contribution in [3.63, 3.8) is 0 Å². The zero-order valence-electron chi connectivity index (χ0n) is 10.6. The highest BCUT2D eigenvalue weighted by atomic mass is 19.1. The first-order valence-electron chi connectivity index (χ1n) is 5.79. The van der Waals surface area contributed by atoms with Crippen molar-refractivity contribution in [1.82, 2.24) is 0 Å². The third-order valence-electron chi connectivity index (χ3n) is 2.73. The number of anilines is 1. The maximum atomic E-state index is 13.1. The summed E-state index contributed by atoms with van der Waals surface area (Å²) in [6.07, 6.45) is 0. The van der Waals surface area contributed by atoms with E-state index in [9.17, 15) is 19.3 Å². The van der Waals surface area contributed by atoms with Crippen molar-refractivity contribution in [1.29, 1.82) is 0 Å². The van der Waals surface area contributed by atoms with Gasteiger partial charge in [-0.15, -0.1) is 0 Å². The molecule has 2 rings (SSSR count). The third kappa shape index (κ3) is 2.97. The lowest BCUT2D eigenvalue weighted by molar-refractivity contribution is -0.384. The van der Waals surface area contributed by atoms with Gasteiger partial charge in [0.25, 0.3) is 11.6 Å². The summed E-state index contributed by atoms with van der Waals surface area (Å²) in [5.74, 6) is -0.842. The summed E-state index contributed by atoms with van der Waals surface area (Å²) in [4.78, 5) is 22.1. The molecule has 0 saturated heterocycles. The fourth-order valence-corrected chi connectivity index (χ4v) is 1.69. The Kier molecular flexibility index (Phi) is 3.74. The number of benzene rings is 2. The van der Waals surface area contributed by atoms with E-state index in [0.29, 0.717) is 11.3 Å². The molecule has 0 radical (unpaired) electrons. The molecule has 0 aliphatic heterocycles. The predicted molar refractivity (Wildman–Crippen MR) is 72.2 cm³/mol. The Hall–Kier alpha value is -2.76. The number of carbonyl (C=O) groups is 1. The molecule has 0 spiro atoms. The molecule has 0 atom stereocenters. The molecule has 0 saturated carbocycles. The molecule has 2 aromatic rings.